The van der Waals surface area contributed by atoms with Crippen LogP contribution in [-0.2, 0) is 25.7 Å². The summed E-state index contributed by atoms with van der Waals surface area (Å²) in [7, 11) is 0. The summed E-state index contributed by atoms with van der Waals surface area (Å²) < 4.78 is 6.76. The second-order valence-corrected chi connectivity index (χ2v) is 12.3. The van der Waals surface area contributed by atoms with Gasteiger partial charge >= 0.3 is 0 Å². The summed E-state index contributed by atoms with van der Waals surface area (Å²) in [6.45, 7) is 1.81. The van der Waals surface area contributed by atoms with Crippen LogP contribution in [0, 0.1) is 11.8 Å². The standard InChI is InChI=1S/C36H35N3O5/c1-35-18-19-36(44-35)30(29(35)32(41)37-21-23-10-4-2-5-11-23)34(43)39(28(22-40)25-13-6-3-7-14-25)31(36)33(42)38-27-17-16-24-12-8-9-15-26(24)20-27/h2-17,20,28-31,40H,18-19,21-22H2,1H3,(H,37,41)(H,38,42)/t28-,29-,30+,31?,35+,36?/m1/s1. The monoisotopic (exact) mass is 589 g/mol. The van der Waals surface area contributed by atoms with Crippen LogP contribution in [0.3, 0.4) is 0 Å². The van der Waals surface area contributed by atoms with Crippen LogP contribution in [0.5, 0.6) is 0 Å². The third-order valence-corrected chi connectivity index (χ3v) is 9.76. The number of anilines is 1. The largest absolute Gasteiger partial charge is 0.394 e. The summed E-state index contributed by atoms with van der Waals surface area (Å²) in [5, 5.41) is 18.8. The third kappa shape index (κ3) is 4.48. The zero-order valence-corrected chi connectivity index (χ0v) is 24.5. The number of ether oxygens (including phenoxy) is 1. The number of carbonyl (C=O) groups is 3. The maximum Gasteiger partial charge on any atom is 0.250 e. The first-order valence-electron chi connectivity index (χ1n) is 15.1. The Morgan fingerprint density at radius 3 is 2.32 bits per heavy atom. The van der Waals surface area contributed by atoms with E-state index in [0.717, 1.165) is 16.3 Å². The number of nitrogens with zero attached hydrogens (tertiary/aromatic N) is 1. The van der Waals surface area contributed by atoms with Crippen molar-refractivity contribution in [3.8, 4) is 0 Å². The molecular formula is C36H35N3O5. The van der Waals surface area contributed by atoms with Gasteiger partial charge in [-0.2, -0.15) is 0 Å². The van der Waals surface area contributed by atoms with Crippen LogP contribution in [0.25, 0.3) is 10.8 Å². The van der Waals surface area contributed by atoms with E-state index < -0.39 is 41.0 Å². The molecule has 0 aromatic heterocycles. The van der Waals surface area contributed by atoms with Crippen LogP contribution in [0.15, 0.2) is 103 Å². The highest BCUT2D eigenvalue weighted by atomic mass is 16.5. The highest BCUT2D eigenvalue weighted by Crippen LogP contribution is 2.64. The number of likely N-dealkylation sites (tertiary alicyclic amines) is 1. The molecule has 2 unspecified atom stereocenters. The SMILES string of the molecule is C[C@@]12CCC3(O1)C(C(=O)Nc1ccc4ccccc4c1)N([C@H](CO)c1ccccc1)C(=O)[C@@H]3[C@@H]2C(=O)NCc1ccccc1. The lowest BCUT2D eigenvalue weighted by Crippen LogP contribution is -2.54. The van der Waals surface area contributed by atoms with E-state index in [1.54, 1.807) is 0 Å². The molecule has 44 heavy (non-hydrogen) atoms. The molecule has 224 valence electrons. The van der Waals surface area contributed by atoms with Crippen molar-refractivity contribution in [2.45, 2.75) is 49.6 Å². The Morgan fingerprint density at radius 2 is 1.59 bits per heavy atom. The lowest BCUT2D eigenvalue weighted by atomic mass is 9.66. The number of rotatable bonds is 8. The van der Waals surface area contributed by atoms with E-state index >= 15 is 0 Å². The van der Waals surface area contributed by atoms with Crippen LogP contribution in [0.4, 0.5) is 5.69 Å². The fraction of sp³-hybridized carbons (Fsp3) is 0.306. The summed E-state index contributed by atoms with van der Waals surface area (Å²) in [6, 6.07) is 30.5. The molecule has 8 heteroatoms. The Labute approximate surface area is 256 Å². The summed E-state index contributed by atoms with van der Waals surface area (Å²) >= 11 is 0. The minimum atomic E-state index is -1.22. The molecule has 0 saturated carbocycles. The minimum absolute atomic E-state index is 0.271. The van der Waals surface area contributed by atoms with Gasteiger partial charge in [-0.3, -0.25) is 14.4 Å². The Morgan fingerprint density at radius 1 is 0.909 bits per heavy atom. The number of fused-ring (bicyclic) bond motifs is 2. The number of amides is 3. The Kier molecular flexibility index (Phi) is 6.98. The third-order valence-electron chi connectivity index (χ3n) is 9.76. The molecule has 8 nitrogen and oxygen atoms in total. The summed E-state index contributed by atoms with van der Waals surface area (Å²) in [6.07, 6.45) is 0.977. The first-order chi connectivity index (χ1) is 21.3. The topological polar surface area (TPSA) is 108 Å². The van der Waals surface area contributed by atoms with Gasteiger partial charge < -0.3 is 25.4 Å². The maximum atomic E-state index is 14.6. The molecule has 4 aromatic rings. The smallest absolute Gasteiger partial charge is 0.250 e. The van der Waals surface area contributed by atoms with Crippen LogP contribution >= 0.6 is 0 Å². The van der Waals surface area contributed by atoms with E-state index in [1.807, 2.05) is 110 Å². The molecule has 3 fully saturated rings. The van der Waals surface area contributed by atoms with Crippen LogP contribution in [0.1, 0.15) is 36.9 Å². The molecule has 3 amide bonds. The van der Waals surface area contributed by atoms with Gasteiger partial charge in [-0.1, -0.05) is 91.0 Å². The quantitative estimate of drug-likeness (QED) is 0.279. The number of benzene rings is 4. The van der Waals surface area contributed by atoms with Crippen LogP contribution < -0.4 is 10.6 Å². The average Bonchev–Trinajstić information content (AvgIpc) is 3.62. The van der Waals surface area contributed by atoms with Crippen molar-refractivity contribution in [3.63, 3.8) is 0 Å². The van der Waals surface area contributed by atoms with E-state index in [1.165, 1.54) is 4.90 Å². The van der Waals surface area contributed by atoms with Crippen molar-refractivity contribution >= 4 is 34.2 Å². The predicted molar refractivity (Wildman–Crippen MR) is 166 cm³/mol. The molecule has 3 N–H and O–H groups in total. The number of carbonyl (C=O) groups excluding carboxylic acids is 3. The molecule has 3 aliphatic heterocycles. The number of hydrogen-bond donors (Lipinski definition) is 3. The Balaban J connectivity index is 1.27. The van der Waals surface area contributed by atoms with Crippen molar-refractivity contribution in [2.75, 3.05) is 11.9 Å². The van der Waals surface area contributed by atoms with Gasteiger partial charge in [-0.25, -0.2) is 0 Å². The van der Waals surface area contributed by atoms with E-state index in [9.17, 15) is 19.5 Å². The van der Waals surface area contributed by atoms with Crippen molar-refractivity contribution in [2.24, 2.45) is 11.8 Å². The van der Waals surface area contributed by atoms with Gasteiger partial charge in [0, 0.05) is 12.2 Å². The van der Waals surface area contributed by atoms with Gasteiger partial charge in [-0.05, 0) is 53.8 Å². The molecule has 2 bridgehead atoms. The first kappa shape index (κ1) is 28.3. The van der Waals surface area contributed by atoms with Gasteiger partial charge in [0.15, 0.2) is 0 Å². The van der Waals surface area contributed by atoms with Crippen LogP contribution in [-0.4, -0.2) is 51.6 Å². The minimum Gasteiger partial charge on any atom is -0.394 e. The van der Waals surface area contributed by atoms with Gasteiger partial charge in [0.25, 0.3) is 0 Å². The van der Waals surface area contributed by atoms with Crippen molar-refractivity contribution in [1.82, 2.24) is 10.2 Å². The Hall–Kier alpha value is -4.53. The normalized spacial score (nSPS) is 27.7. The van der Waals surface area contributed by atoms with Crippen molar-refractivity contribution in [1.29, 1.82) is 0 Å². The molecule has 6 atom stereocenters. The van der Waals surface area contributed by atoms with E-state index in [2.05, 4.69) is 10.6 Å². The van der Waals surface area contributed by atoms with Gasteiger partial charge in [0.05, 0.1) is 30.1 Å². The number of aliphatic hydroxyl groups is 1. The van der Waals surface area contributed by atoms with Gasteiger partial charge in [0.2, 0.25) is 17.7 Å². The fourth-order valence-corrected chi connectivity index (χ4v) is 7.80. The van der Waals surface area contributed by atoms with Crippen LogP contribution in [0.2, 0.25) is 0 Å². The molecule has 4 aromatic carbocycles. The lowest BCUT2D eigenvalue weighted by molar-refractivity contribution is -0.148. The lowest BCUT2D eigenvalue weighted by Gasteiger charge is -2.37. The molecule has 3 saturated heterocycles. The van der Waals surface area contributed by atoms with E-state index in [0.29, 0.717) is 30.6 Å². The van der Waals surface area contributed by atoms with E-state index in [4.69, 9.17) is 4.74 Å². The van der Waals surface area contributed by atoms with Crippen molar-refractivity contribution < 1.29 is 24.2 Å². The molecule has 1 spiro atoms. The van der Waals surface area contributed by atoms with Gasteiger partial charge in [0.1, 0.15) is 11.6 Å². The molecule has 0 aliphatic carbocycles. The summed E-state index contributed by atoms with van der Waals surface area (Å²) in [4.78, 5) is 44.4. The Bertz CT molecular complexity index is 1730. The highest BCUT2D eigenvalue weighted by Gasteiger charge is 2.78. The second-order valence-electron chi connectivity index (χ2n) is 12.3. The molecular weight excluding hydrogens is 554 g/mol. The molecule has 3 aliphatic rings. The number of hydrogen-bond acceptors (Lipinski definition) is 5. The highest BCUT2D eigenvalue weighted by molar-refractivity contribution is 6.04. The maximum absolute atomic E-state index is 14.6. The predicted octanol–water partition coefficient (Wildman–Crippen LogP) is 4.59. The average molecular weight is 590 g/mol. The zero-order valence-electron chi connectivity index (χ0n) is 24.5. The van der Waals surface area contributed by atoms with E-state index in [-0.39, 0.29) is 18.4 Å². The number of nitrogens with one attached hydrogen (secondary N) is 2. The summed E-state index contributed by atoms with van der Waals surface area (Å²) in [5.41, 5.74) is 0.118. The van der Waals surface area contributed by atoms with Crippen molar-refractivity contribution in [3.05, 3.63) is 114 Å². The summed E-state index contributed by atoms with van der Waals surface area (Å²) in [5.74, 6) is -2.69. The molecule has 3 heterocycles. The van der Waals surface area contributed by atoms with Gasteiger partial charge in [-0.15, -0.1) is 0 Å². The molecule has 0 radical (unpaired) electrons. The first-order valence-corrected chi connectivity index (χ1v) is 15.1. The second kappa shape index (κ2) is 10.9. The number of aliphatic hydroxyl groups excluding tert-OH is 1. The molecule has 7 rings (SSSR count). The zero-order chi connectivity index (χ0) is 30.5. The fourth-order valence-electron chi connectivity index (χ4n) is 7.80.